The third kappa shape index (κ3) is 11.1. The Morgan fingerprint density at radius 1 is 0.700 bits per heavy atom. The van der Waals surface area contributed by atoms with Crippen LogP contribution in [0.2, 0.25) is 19.6 Å². The van der Waals surface area contributed by atoms with Gasteiger partial charge in [-0.15, -0.1) is 5.54 Å². The van der Waals surface area contributed by atoms with Crippen molar-refractivity contribution in [1.82, 2.24) is 0 Å². The minimum atomic E-state index is -5.76. The Bertz CT molecular complexity index is 2000. The molecule has 0 saturated carbocycles. The van der Waals surface area contributed by atoms with Crippen LogP contribution in [0.15, 0.2) is 72.8 Å². The van der Waals surface area contributed by atoms with E-state index in [2.05, 4.69) is 52.2 Å². The molecule has 14 heteroatoms. The van der Waals surface area contributed by atoms with Gasteiger partial charge in [0.1, 0.15) is 25.3 Å². The first-order valence-electron chi connectivity index (χ1n) is 15.5. The van der Waals surface area contributed by atoms with Crippen molar-refractivity contribution in [3.05, 3.63) is 78.4 Å². The number of hydrogen-bond donors (Lipinski definition) is 0. The van der Waals surface area contributed by atoms with E-state index in [-0.39, 0.29) is 11.7 Å². The van der Waals surface area contributed by atoms with E-state index in [1.165, 1.54) is 26.4 Å². The van der Waals surface area contributed by atoms with E-state index in [4.69, 9.17) is 14.2 Å². The van der Waals surface area contributed by atoms with Gasteiger partial charge in [0.25, 0.3) is 0 Å². The number of alkyl halides is 3. The monoisotopic (exact) mass is 732 g/mol. The molecule has 2 atom stereocenters. The molecule has 0 aliphatic rings. The maximum atomic E-state index is 12.4. The molecule has 0 aliphatic carbocycles. The zero-order chi connectivity index (χ0) is 37.3. The molecule has 2 unspecified atom stereocenters. The predicted octanol–water partition coefficient (Wildman–Crippen LogP) is 7.80. The van der Waals surface area contributed by atoms with Crippen LogP contribution in [0.4, 0.5) is 13.2 Å². The Morgan fingerprint density at radius 3 is 1.54 bits per heavy atom. The summed E-state index contributed by atoms with van der Waals surface area (Å²) < 4.78 is 84.2. The number of carbonyl (C=O) groups excluding carboxylic acids is 2. The summed E-state index contributed by atoms with van der Waals surface area (Å²) in [5.41, 5.74) is -1.15. The molecule has 0 amide bonds. The van der Waals surface area contributed by atoms with Crippen molar-refractivity contribution in [1.29, 1.82) is 0 Å². The van der Waals surface area contributed by atoms with Crippen LogP contribution < -0.4 is 13.7 Å². The van der Waals surface area contributed by atoms with Gasteiger partial charge in [-0.3, -0.25) is 0 Å². The lowest BCUT2D eigenvalue weighted by molar-refractivity contribution is -0.149. The van der Waals surface area contributed by atoms with Gasteiger partial charge < -0.3 is 23.1 Å². The van der Waals surface area contributed by atoms with Gasteiger partial charge >= 0.3 is 27.6 Å². The highest BCUT2D eigenvalue weighted by molar-refractivity contribution is 7.88. The summed E-state index contributed by atoms with van der Waals surface area (Å²) in [6.07, 6.45) is -0.519. The van der Waals surface area contributed by atoms with E-state index in [1.807, 2.05) is 31.2 Å². The van der Waals surface area contributed by atoms with E-state index in [0.717, 1.165) is 28.5 Å². The van der Waals surface area contributed by atoms with Crippen molar-refractivity contribution < 1.29 is 54.3 Å². The lowest BCUT2D eigenvalue weighted by Crippen LogP contribution is -2.28. The molecular formula is C36H39F3O9SSi. The molecule has 268 valence electrons. The van der Waals surface area contributed by atoms with Crippen molar-refractivity contribution in [2.24, 2.45) is 0 Å². The average Bonchev–Trinajstić information content (AvgIpc) is 3.06. The van der Waals surface area contributed by atoms with Crippen LogP contribution in [-0.2, 0) is 29.2 Å². The standard InChI is InChI=1S/C20H24O3Si.C16H15F3O6S/c1-6-19(20(21)22-2)23-18-10-9-16-8-7-15(13-17(16)14-18)11-12-24(3,4)5;1-3-14(15(20)23-2)24-12-6-4-10-5-7-13(9-11(10)8-12)25-26(21,22)16(17,18)19/h7-10,13-14,19H,6H2,1-5H3;4-9,14H,3H2,1-2H3. The lowest BCUT2D eigenvalue weighted by Gasteiger charge is -2.15. The summed E-state index contributed by atoms with van der Waals surface area (Å²) in [5, 5.41) is 3.15. The molecular weight excluding hydrogens is 694 g/mol. The van der Waals surface area contributed by atoms with Crippen LogP contribution in [0.1, 0.15) is 32.3 Å². The van der Waals surface area contributed by atoms with Gasteiger partial charge in [-0.25, -0.2) is 9.59 Å². The fourth-order valence-corrected chi connectivity index (χ4v) is 5.30. The molecule has 0 saturated heterocycles. The second-order valence-electron chi connectivity index (χ2n) is 12.0. The number of ether oxygens (including phenoxy) is 4. The highest BCUT2D eigenvalue weighted by Gasteiger charge is 2.48. The summed E-state index contributed by atoms with van der Waals surface area (Å²) in [4.78, 5) is 23.3. The van der Waals surface area contributed by atoms with Crippen LogP contribution in [0, 0.1) is 11.5 Å². The van der Waals surface area contributed by atoms with Crippen molar-refractivity contribution in [2.45, 2.75) is 64.0 Å². The minimum Gasteiger partial charge on any atom is -0.479 e. The number of carbonyl (C=O) groups is 2. The van der Waals surface area contributed by atoms with Crippen molar-refractivity contribution in [3.63, 3.8) is 0 Å². The van der Waals surface area contributed by atoms with E-state index in [0.29, 0.717) is 29.4 Å². The molecule has 0 bridgehead atoms. The van der Waals surface area contributed by atoms with Crippen molar-refractivity contribution in [3.8, 4) is 28.7 Å². The maximum Gasteiger partial charge on any atom is 0.534 e. The Balaban J connectivity index is 0.000000271. The molecule has 4 aromatic carbocycles. The number of hydrogen-bond acceptors (Lipinski definition) is 9. The van der Waals surface area contributed by atoms with Crippen LogP contribution in [0.5, 0.6) is 17.2 Å². The summed E-state index contributed by atoms with van der Waals surface area (Å²) in [6, 6.07) is 20.2. The third-order valence-corrected chi connectivity index (χ3v) is 8.75. The van der Waals surface area contributed by atoms with Gasteiger partial charge in [-0.1, -0.05) is 63.7 Å². The van der Waals surface area contributed by atoms with E-state index in [9.17, 15) is 31.2 Å². The van der Waals surface area contributed by atoms with Crippen LogP contribution in [-0.4, -0.2) is 60.4 Å². The highest BCUT2D eigenvalue weighted by Crippen LogP contribution is 2.30. The first-order valence-corrected chi connectivity index (χ1v) is 20.4. The van der Waals surface area contributed by atoms with Gasteiger partial charge in [0, 0.05) is 5.56 Å². The van der Waals surface area contributed by atoms with Gasteiger partial charge in [-0.2, -0.15) is 21.6 Å². The zero-order valence-corrected chi connectivity index (χ0v) is 30.5. The van der Waals surface area contributed by atoms with Gasteiger partial charge in [0.15, 0.2) is 12.2 Å². The summed E-state index contributed by atoms with van der Waals surface area (Å²) >= 11 is 0. The quantitative estimate of drug-likeness (QED) is 0.0530. The summed E-state index contributed by atoms with van der Waals surface area (Å²) in [7, 11) is -4.56. The first kappa shape index (κ1) is 39.7. The van der Waals surface area contributed by atoms with Crippen LogP contribution >= 0.6 is 0 Å². The van der Waals surface area contributed by atoms with Gasteiger partial charge in [0.2, 0.25) is 0 Å². The highest BCUT2D eigenvalue weighted by atomic mass is 32.2. The molecule has 0 N–H and O–H groups in total. The summed E-state index contributed by atoms with van der Waals surface area (Å²) in [6.45, 7) is 10.3. The molecule has 50 heavy (non-hydrogen) atoms. The fourth-order valence-electron chi connectivity index (χ4n) is 4.33. The number of fused-ring (bicyclic) bond motifs is 2. The third-order valence-electron chi connectivity index (χ3n) is 6.89. The number of rotatable bonds is 10. The van der Waals surface area contributed by atoms with Crippen LogP contribution in [0.25, 0.3) is 21.5 Å². The largest absolute Gasteiger partial charge is 0.534 e. The number of benzene rings is 4. The molecule has 0 aliphatic heterocycles. The molecule has 0 aromatic heterocycles. The van der Waals surface area contributed by atoms with Gasteiger partial charge in [-0.05, 0) is 82.9 Å². The number of halogens is 3. The van der Waals surface area contributed by atoms with E-state index >= 15 is 0 Å². The zero-order valence-electron chi connectivity index (χ0n) is 28.7. The molecule has 0 radical (unpaired) electrons. The normalized spacial score (nSPS) is 12.8. The number of methoxy groups -OCH3 is 2. The smallest absolute Gasteiger partial charge is 0.479 e. The minimum absolute atomic E-state index is 0.269. The Labute approximate surface area is 290 Å². The average molecular weight is 733 g/mol. The lowest BCUT2D eigenvalue weighted by atomic mass is 10.1. The molecule has 4 rings (SSSR count). The molecule has 0 fully saturated rings. The SMILES string of the molecule is CCC(Oc1ccc2ccc(C#C[Si](C)(C)C)cc2c1)C(=O)OC.CCC(Oc1ccc2ccc(OS(=O)(=O)C(F)(F)F)cc2c1)C(=O)OC. The topological polar surface area (TPSA) is 114 Å². The van der Waals surface area contributed by atoms with E-state index < -0.39 is 47.6 Å². The Kier molecular flexibility index (Phi) is 13.3. The number of esters is 2. The Morgan fingerprint density at radius 2 is 1.12 bits per heavy atom. The van der Waals surface area contributed by atoms with Gasteiger partial charge in [0.05, 0.1) is 14.2 Å². The predicted molar refractivity (Wildman–Crippen MR) is 187 cm³/mol. The first-order chi connectivity index (χ1) is 23.4. The molecule has 9 nitrogen and oxygen atoms in total. The van der Waals surface area contributed by atoms with E-state index in [1.54, 1.807) is 19.1 Å². The second-order valence-corrected chi connectivity index (χ2v) is 18.2. The maximum absolute atomic E-state index is 12.4. The summed E-state index contributed by atoms with van der Waals surface area (Å²) in [5.74, 6) is 2.79. The van der Waals surface area contributed by atoms with Crippen molar-refractivity contribution >= 4 is 51.7 Å². The van der Waals surface area contributed by atoms with Crippen molar-refractivity contribution in [2.75, 3.05) is 14.2 Å². The molecule has 0 heterocycles. The Hall–Kier alpha value is -4.74. The second kappa shape index (κ2) is 16.8. The van der Waals surface area contributed by atoms with Crippen LogP contribution in [0.3, 0.4) is 0 Å². The molecule has 4 aromatic rings. The fraction of sp³-hybridized carbons (Fsp3) is 0.333. The molecule has 0 spiro atoms.